The number of nitrogens with zero attached hydrogens (tertiary/aromatic N) is 1. The van der Waals surface area contributed by atoms with E-state index < -0.39 is 5.60 Å². The molecule has 2 atom stereocenters. The second-order valence-corrected chi connectivity index (χ2v) is 6.45. The minimum Gasteiger partial charge on any atom is -0.435 e. The molecule has 0 N–H and O–H groups in total. The average Bonchev–Trinajstić information content (AvgIpc) is 2.63. The Morgan fingerprint density at radius 2 is 1.88 bits per heavy atom. The summed E-state index contributed by atoms with van der Waals surface area (Å²) in [5.41, 5.74) is 1.97. The monoisotopic (exact) mass is 335 g/mol. The number of ether oxygens (including phenoxy) is 2. The van der Waals surface area contributed by atoms with E-state index >= 15 is 0 Å². The SMILES string of the molecule is [B]c1ccc([C@H](C)N2CCC(COC)(c3ccccc3)OC2=O)cc1. The van der Waals surface area contributed by atoms with E-state index in [1.165, 1.54) is 0 Å². The molecule has 0 bridgehead atoms. The fourth-order valence-corrected chi connectivity index (χ4v) is 3.34. The number of carbonyl (C=O) groups excluding carboxylic acids is 1. The predicted molar refractivity (Wildman–Crippen MR) is 98.0 cm³/mol. The topological polar surface area (TPSA) is 38.8 Å². The lowest BCUT2D eigenvalue weighted by molar-refractivity contribution is -0.0964. The summed E-state index contributed by atoms with van der Waals surface area (Å²) in [7, 11) is 7.37. The fourth-order valence-electron chi connectivity index (χ4n) is 3.34. The molecule has 2 aromatic carbocycles. The maximum Gasteiger partial charge on any atom is 0.411 e. The zero-order valence-corrected chi connectivity index (χ0v) is 14.6. The van der Waals surface area contributed by atoms with Gasteiger partial charge in [-0.05, 0) is 18.1 Å². The molecule has 1 amide bonds. The summed E-state index contributed by atoms with van der Waals surface area (Å²) < 4.78 is 11.3. The van der Waals surface area contributed by atoms with Crippen molar-refractivity contribution in [2.24, 2.45) is 0 Å². The molecular weight excluding hydrogens is 313 g/mol. The first-order chi connectivity index (χ1) is 12.1. The van der Waals surface area contributed by atoms with Crippen LogP contribution in [0.1, 0.15) is 30.5 Å². The van der Waals surface area contributed by atoms with Crippen molar-refractivity contribution in [1.29, 1.82) is 0 Å². The van der Waals surface area contributed by atoms with Crippen LogP contribution in [0.2, 0.25) is 0 Å². The number of hydrogen-bond donors (Lipinski definition) is 0. The lowest BCUT2D eigenvalue weighted by Gasteiger charge is -2.43. The molecule has 0 saturated carbocycles. The highest BCUT2D eigenvalue weighted by Crippen LogP contribution is 2.37. The van der Waals surface area contributed by atoms with Crippen LogP contribution in [0.4, 0.5) is 4.79 Å². The third-order valence-electron chi connectivity index (χ3n) is 4.84. The first-order valence-electron chi connectivity index (χ1n) is 8.45. The summed E-state index contributed by atoms with van der Waals surface area (Å²) >= 11 is 0. The van der Waals surface area contributed by atoms with E-state index in [4.69, 9.17) is 17.3 Å². The van der Waals surface area contributed by atoms with Crippen LogP contribution >= 0.6 is 0 Å². The van der Waals surface area contributed by atoms with E-state index in [9.17, 15) is 4.79 Å². The van der Waals surface area contributed by atoms with Gasteiger partial charge in [0.2, 0.25) is 0 Å². The Morgan fingerprint density at radius 3 is 2.48 bits per heavy atom. The van der Waals surface area contributed by atoms with E-state index in [0.717, 1.165) is 11.1 Å². The molecule has 3 rings (SSSR count). The van der Waals surface area contributed by atoms with Crippen LogP contribution < -0.4 is 5.46 Å². The molecule has 1 aliphatic rings. The minimum atomic E-state index is -0.732. The Balaban J connectivity index is 1.81. The van der Waals surface area contributed by atoms with Gasteiger partial charge >= 0.3 is 6.09 Å². The highest BCUT2D eigenvalue weighted by atomic mass is 16.6. The summed E-state index contributed by atoms with van der Waals surface area (Å²) in [6, 6.07) is 17.3. The molecule has 1 aliphatic heterocycles. The molecule has 4 nitrogen and oxygen atoms in total. The third kappa shape index (κ3) is 3.56. The van der Waals surface area contributed by atoms with E-state index in [2.05, 4.69) is 0 Å². The Bertz CT molecular complexity index is 719. The summed E-state index contributed by atoms with van der Waals surface area (Å²) in [6.07, 6.45) is 0.354. The Labute approximate surface area is 150 Å². The van der Waals surface area contributed by atoms with E-state index in [-0.39, 0.29) is 12.1 Å². The van der Waals surface area contributed by atoms with Gasteiger partial charge in [-0.3, -0.25) is 0 Å². The number of rotatable bonds is 5. The molecule has 25 heavy (non-hydrogen) atoms. The van der Waals surface area contributed by atoms with Gasteiger partial charge in [0.25, 0.3) is 0 Å². The number of benzene rings is 2. The van der Waals surface area contributed by atoms with Gasteiger partial charge in [0.1, 0.15) is 7.85 Å². The van der Waals surface area contributed by atoms with Crippen LogP contribution in [0.3, 0.4) is 0 Å². The van der Waals surface area contributed by atoms with E-state index in [0.29, 0.717) is 25.0 Å². The van der Waals surface area contributed by atoms with Crippen molar-refractivity contribution in [1.82, 2.24) is 4.90 Å². The van der Waals surface area contributed by atoms with Crippen LogP contribution in [0, 0.1) is 0 Å². The first-order valence-corrected chi connectivity index (χ1v) is 8.45. The maximum absolute atomic E-state index is 12.8. The second kappa shape index (κ2) is 7.32. The lowest BCUT2D eigenvalue weighted by Crippen LogP contribution is -2.50. The summed E-state index contributed by atoms with van der Waals surface area (Å²) in [5, 5.41) is 0. The molecule has 2 aromatic rings. The predicted octanol–water partition coefficient (Wildman–Crippen LogP) is 2.93. The minimum absolute atomic E-state index is 0.0792. The van der Waals surface area contributed by atoms with Crippen molar-refractivity contribution in [3.63, 3.8) is 0 Å². The molecule has 0 spiro atoms. The molecule has 1 unspecified atom stereocenters. The molecule has 128 valence electrons. The molecule has 0 aromatic heterocycles. The van der Waals surface area contributed by atoms with Crippen LogP contribution in [-0.4, -0.2) is 39.1 Å². The van der Waals surface area contributed by atoms with Crippen molar-refractivity contribution in [3.05, 3.63) is 65.7 Å². The maximum atomic E-state index is 12.8. The van der Waals surface area contributed by atoms with Gasteiger partial charge < -0.3 is 14.4 Å². The quantitative estimate of drug-likeness (QED) is 0.789. The van der Waals surface area contributed by atoms with Crippen LogP contribution in [0.25, 0.3) is 0 Å². The summed E-state index contributed by atoms with van der Waals surface area (Å²) in [4.78, 5) is 14.5. The second-order valence-electron chi connectivity index (χ2n) is 6.45. The van der Waals surface area contributed by atoms with Crippen molar-refractivity contribution in [2.45, 2.75) is 25.0 Å². The molecule has 2 radical (unpaired) electrons. The molecule has 1 fully saturated rings. The highest BCUT2D eigenvalue weighted by Gasteiger charge is 2.43. The Hall–Kier alpha value is -2.27. The molecule has 1 saturated heterocycles. The first kappa shape index (κ1) is 17.6. The summed E-state index contributed by atoms with van der Waals surface area (Å²) in [5.74, 6) is 0. The summed E-state index contributed by atoms with van der Waals surface area (Å²) in [6.45, 7) is 2.94. The number of amides is 1. The van der Waals surface area contributed by atoms with Gasteiger partial charge in [-0.25, -0.2) is 4.79 Å². The standard InChI is InChI=1S/C20H22BNO3/c1-15(16-8-10-18(21)11-9-16)22-13-12-20(14-24-2,25-19(22)23)17-6-4-3-5-7-17/h3-11,15H,12-14H2,1-2H3/t15-,20?/m0/s1. The van der Waals surface area contributed by atoms with E-state index in [1.807, 2.05) is 61.5 Å². The molecular formula is C20H22BNO3. The van der Waals surface area contributed by atoms with E-state index in [1.54, 1.807) is 12.0 Å². The lowest BCUT2D eigenvalue weighted by atomic mass is 9.89. The third-order valence-corrected chi connectivity index (χ3v) is 4.84. The van der Waals surface area contributed by atoms with Gasteiger partial charge in [0.05, 0.1) is 12.6 Å². The van der Waals surface area contributed by atoms with Gasteiger partial charge in [-0.1, -0.05) is 60.1 Å². The number of methoxy groups -OCH3 is 1. The van der Waals surface area contributed by atoms with Crippen molar-refractivity contribution >= 4 is 19.4 Å². The van der Waals surface area contributed by atoms with Gasteiger partial charge in [-0.2, -0.15) is 0 Å². The largest absolute Gasteiger partial charge is 0.435 e. The number of cyclic esters (lactones) is 1. The van der Waals surface area contributed by atoms with Crippen molar-refractivity contribution < 1.29 is 14.3 Å². The average molecular weight is 335 g/mol. The van der Waals surface area contributed by atoms with Crippen molar-refractivity contribution in [3.8, 4) is 0 Å². The fraction of sp³-hybridized carbons (Fsp3) is 0.350. The van der Waals surface area contributed by atoms with Gasteiger partial charge in [-0.15, -0.1) is 0 Å². The van der Waals surface area contributed by atoms with Gasteiger partial charge in [0.15, 0.2) is 5.60 Å². The molecule has 1 heterocycles. The Morgan fingerprint density at radius 1 is 1.20 bits per heavy atom. The zero-order chi connectivity index (χ0) is 17.9. The Kier molecular flexibility index (Phi) is 5.14. The smallest absolute Gasteiger partial charge is 0.411 e. The number of carbonyl (C=O) groups is 1. The highest BCUT2D eigenvalue weighted by molar-refractivity contribution is 6.32. The molecule has 0 aliphatic carbocycles. The zero-order valence-electron chi connectivity index (χ0n) is 14.6. The molecule has 5 heteroatoms. The van der Waals surface area contributed by atoms with Crippen LogP contribution in [-0.2, 0) is 15.1 Å². The van der Waals surface area contributed by atoms with Crippen LogP contribution in [0.5, 0.6) is 0 Å². The van der Waals surface area contributed by atoms with Crippen LogP contribution in [0.15, 0.2) is 54.6 Å². The van der Waals surface area contributed by atoms with Gasteiger partial charge in [0, 0.05) is 20.1 Å². The van der Waals surface area contributed by atoms with Crippen molar-refractivity contribution in [2.75, 3.05) is 20.3 Å². The normalized spacial score (nSPS) is 21.7. The number of hydrogen-bond acceptors (Lipinski definition) is 3.